The number of aromatic nitrogens is 7. The highest BCUT2D eigenvalue weighted by molar-refractivity contribution is 6.06. The molecule has 0 saturated carbocycles. The zero-order valence-corrected chi connectivity index (χ0v) is 20.3. The van der Waals surface area contributed by atoms with Gasteiger partial charge in [0.15, 0.2) is 5.82 Å². The summed E-state index contributed by atoms with van der Waals surface area (Å²) in [6, 6.07) is 25.5. The first kappa shape index (κ1) is 23.3. The molecule has 8 heteroatoms. The second kappa shape index (κ2) is 10.4. The number of carbonyl (C=O) groups is 1. The average molecular weight is 478 g/mol. The molecular weight excluding hydrogens is 450 g/mol. The lowest BCUT2D eigenvalue weighted by atomic mass is 9.98. The van der Waals surface area contributed by atoms with Crippen molar-refractivity contribution in [2.75, 3.05) is 0 Å². The fourth-order valence-electron chi connectivity index (χ4n) is 4.08. The third kappa shape index (κ3) is 5.12. The number of hydrogen-bond donors (Lipinski definition) is 1. The summed E-state index contributed by atoms with van der Waals surface area (Å²) < 4.78 is 1.89. The fourth-order valence-corrected chi connectivity index (χ4v) is 4.08. The maximum absolute atomic E-state index is 13.0. The van der Waals surface area contributed by atoms with E-state index in [0.717, 1.165) is 41.0 Å². The van der Waals surface area contributed by atoms with Crippen molar-refractivity contribution in [3.63, 3.8) is 0 Å². The summed E-state index contributed by atoms with van der Waals surface area (Å²) in [7, 11) is 0. The molecule has 0 aliphatic carbocycles. The molecule has 0 atom stereocenters. The van der Waals surface area contributed by atoms with E-state index in [1.165, 1.54) is 0 Å². The normalized spacial score (nSPS) is 11.2. The Kier molecular flexibility index (Phi) is 6.75. The van der Waals surface area contributed by atoms with Crippen LogP contribution in [0.4, 0.5) is 0 Å². The highest BCUT2D eigenvalue weighted by atomic mass is 16.1. The lowest BCUT2D eigenvalue weighted by Gasteiger charge is -2.10. The summed E-state index contributed by atoms with van der Waals surface area (Å²) in [6.45, 7) is 5.08. The van der Waals surface area contributed by atoms with Crippen molar-refractivity contribution in [1.29, 1.82) is 0 Å². The number of H-pyrrole nitrogens is 1. The number of nitrogens with one attached hydrogen (secondary N) is 1. The van der Waals surface area contributed by atoms with E-state index >= 15 is 0 Å². The summed E-state index contributed by atoms with van der Waals surface area (Å²) in [5.41, 5.74) is 4.72. The molecule has 2 heterocycles. The van der Waals surface area contributed by atoms with Crippen molar-refractivity contribution >= 4 is 5.78 Å². The molecule has 0 amide bonds. The first-order valence-electron chi connectivity index (χ1n) is 12.0. The number of ketones is 1. The average Bonchev–Trinajstić information content (AvgIpc) is 3.59. The fraction of sp³-hybridized carbons (Fsp3) is 0.214. The van der Waals surface area contributed by atoms with Gasteiger partial charge in [0.1, 0.15) is 5.82 Å². The highest BCUT2D eigenvalue weighted by Gasteiger charge is 2.18. The zero-order valence-electron chi connectivity index (χ0n) is 20.3. The Labute approximate surface area is 209 Å². The molecule has 5 aromatic rings. The van der Waals surface area contributed by atoms with Crippen LogP contribution in [0, 0.1) is 5.92 Å². The predicted octanol–water partition coefficient (Wildman–Crippen LogP) is 4.99. The molecule has 3 aromatic carbocycles. The second-order valence-electron chi connectivity index (χ2n) is 9.12. The minimum absolute atomic E-state index is 0.158. The van der Waals surface area contributed by atoms with Gasteiger partial charge in [-0.15, -0.1) is 10.2 Å². The molecule has 2 aromatic heterocycles. The Balaban J connectivity index is 1.41. The van der Waals surface area contributed by atoms with E-state index in [-0.39, 0.29) is 11.6 Å². The summed E-state index contributed by atoms with van der Waals surface area (Å²) in [4.78, 5) is 17.6. The Bertz CT molecular complexity index is 1440. The minimum Gasteiger partial charge on any atom is -0.285 e. The lowest BCUT2D eigenvalue weighted by molar-refractivity contribution is 0.102. The molecule has 0 radical (unpaired) electrons. The van der Waals surface area contributed by atoms with Gasteiger partial charge in [0, 0.05) is 24.1 Å². The van der Waals surface area contributed by atoms with E-state index < -0.39 is 0 Å². The van der Waals surface area contributed by atoms with E-state index in [4.69, 9.17) is 0 Å². The van der Waals surface area contributed by atoms with Crippen molar-refractivity contribution < 1.29 is 4.79 Å². The van der Waals surface area contributed by atoms with Crippen LogP contribution in [-0.2, 0) is 13.0 Å². The van der Waals surface area contributed by atoms with E-state index in [2.05, 4.69) is 74.9 Å². The van der Waals surface area contributed by atoms with Crippen molar-refractivity contribution in [1.82, 2.24) is 35.4 Å². The number of carbonyl (C=O) groups excluding carboxylic acids is 1. The molecule has 0 saturated heterocycles. The SMILES string of the molecule is CC(C)CCn1nc(C(=O)c2ccccc2)nc1Cc1ccc(-c2ccccc2-c2nnn[nH]2)cc1. The van der Waals surface area contributed by atoms with Crippen molar-refractivity contribution in [2.45, 2.75) is 33.2 Å². The van der Waals surface area contributed by atoms with Gasteiger partial charge in [-0.2, -0.15) is 0 Å². The topological polar surface area (TPSA) is 102 Å². The molecular formula is C28H27N7O. The first-order chi connectivity index (χ1) is 17.6. The monoisotopic (exact) mass is 477 g/mol. The van der Waals surface area contributed by atoms with Crippen LogP contribution in [-0.4, -0.2) is 41.2 Å². The van der Waals surface area contributed by atoms with Crippen LogP contribution in [0.25, 0.3) is 22.5 Å². The van der Waals surface area contributed by atoms with Crippen LogP contribution in [0.2, 0.25) is 0 Å². The number of benzene rings is 3. The number of aromatic amines is 1. The van der Waals surface area contributed by atoms with Gasteiger partial charge in [0.25, 0.3) is 0 Å². The molecule has 36 heavy (non-hydrogen) atoms. The smallest absolute Gasteiger partial charge is 0.232 e. The van der Waals surface area contributed by atoms with Gasteiger partial charge in [-0.05, 0) is 39.5 Å². The van der Waals surface area contributed by atoms with Crippen molar-refractivity contribution in [3.05, 3.63) is 102 Å². The maximum atomic E-state index is 13.0. The van der Waals surface area contributed by atoms with E-state index in [1.54, 1.807) is 12.1 Å². The molecule has 0 aliphatic rings. The summed E-state index contributed by atoms with van der Waals surface area (Å²) >= 11 is 0. The zero-order chi connectivity index (χ0) is 24.9. The molecule has 180 valence electrons. The quantitative estimate of drug-likeness (QED) is 0.300. The van der Waals surface area contributed by atoms with Gasteiger partial charge < -0.3 is 0 Å². The number of tetrazole rings is 1. The third-order valence-electron chi connectivity index (χ3n) is 6.06. The summed E-state index contributed by atoms with van der Waals surface area (Å²) in [5, 5.41) is 18.9. The van der Waals surface area contributed by atoms with Crippen LogP contribution >= 0.6 is 0 Å². The van der Waals surface area contributed by atoms with Gasteiger partial charge >= 0.3 is 0 Å². The largest absolute Gasteiger partial charge is 0.285 e. The number of aryl methyl sites for hydroxylation is 1. The standard InChI is InChI=1S/C28H27N7O/c1-19(2)16-17-35-25(29-28(32-35)26(36)22-8-4-3-5-9-22)18-20-12-14-21(15-13-20)23-10-6-7-11-24(23)27-30-33-34-31-27/h3-15,19H,16-18H2,1-2H3,(H,30,31,33,34). The number of nitrogens with zero attached hydrogens (tertiary/aromatic N) is 6. The second-order valence-corrected chi connectivity index (χ2v) is 9.12. The highest BCUT2D eigenvalue weighted by Crippen LogP contribution is 2.30. The molecule has 1 N–H and O–H groups in total. The summed E-state index contributed by atoms with van der Waals surface area (Å²) in [5.74, 6) is 2.02. The molecule has 0 unspecified atom stereocenters. The van der Waals surface area contributed by atoms with Crippen molar-refractivity contribution in [3.8, 4) is 22.5 Å². The molecule has 0 aliphatic heterocycles. The molecule has 0 bridgehead atoms. The molecule has 0 spiro atoms. The summed E-state index contributed by atoms with van der Waals surface area (Å²) in [6.07, 6.45) is 1.54. The minimum atomic E-state index is -0.158. The molecule has 8 nitrogen and oxygen atoms in total. The lowest BCUT2D eigenvalue weighted by Crippen LogP contribution is -2.09. The van der Waals surface area contributed by atoms with E-state index in [0.29, 0.717) is 23.7 Å². The van der Waals surface area contributed by atoms with Gasteiger partial charge in [0.05, 0.1) is 0 Å². The van der Waals surface area contributed by atoms with Gasteiger partial charge in [-0.1, -0.05) is 92.7 Å². The van der Waals surface area contributed by atoms with Gasteiger partial charge in [0.2, 0.25) is 11.6 Å². The van der Waals surface area contributed by atoms with Crippen LogP contribution in [0.1, 0.15) is 47.8 Å². The number of hydrogen-bond acceptors (Lipinski definition) is 6. The maximum Gasteiger partial charge on any atom is 0.232 e. The molecule has 0 fully saturated rings. The third-order valence-corrected chi connectivity index (χ3v) is 6.06. The van der Waals surface area contributed by atoms with Crippen LogP contribution < -0.4 is 0 Å². The first-order valence-corrected chi connectivity index (χ1v) is 12.0. The van der Waals surface area contributed by atoms with Crippen LogP contribution in [0.3, 0.4) is 0 Å². The van der Waals surface area contributed by atoms with Crippen molar-refractivity contribution in [2.24, 2.45) is 5.92 Å². The Morgan fingerprint density at radius 2 is 1.64 bits per heavy atom. The van der Waals surface area contributed by atoms with E-state index in [1.807, 2.05) is 41.1 Å². The Morgan fingerprint density at radius 1 is 0.917 bits per heavy atom. The molecule has 5 rings (SSSR count). The van der Waals surface area contributed by atoms with E-state index in [9.17, 15) is 4.79 Å². The Hall–Kier alpha value is -4.46. The van der Waals surface area contributed by atoms with Gasteiger partial charge in [-0.3, -0.25) is 4.79 Å². The van der Waals surface area contributed by atoms with Crippen LogP contribution in [0.5, 0.6) is 0 Å². The van der Waals surface area contributed by atoms with Gasteiger partial charge in [-0.25, -0.2) is 14.8 Å². The Morgan fingerprint density at radius 3 is 2.33 bits per heavy atom. The predicted molar refractivity (Wildman–Crippen MR) is 137 cm³/mol. The van der Waals surface area contributed by atoms with Crippen LogP contribution in [0.15, 0.2) is 78.9 Å². The number of rotatable bonds is 9.